The molecule has 0 saturated carbocycles. The van der Waals surface area contributed by atoms with Crippen LogP contribution in [0.1, 0.15) is 27.7 Å². The molecule has 21 atom stereocenters. The lowest BCUT2D eigenvalue weighted by molar-refractivity contribution is -0.402. The Kier molecular flexibility index (Phi) is 15.2. The van der Waals surface area contributed by atoms with Crippen LogP contribution in [-0.2, 0) is 66.5 Å². The van der Waals surface area contributed by atoms with Gasteiger partial charge in [-0.1, -0.05) is 0 Å². The number of aliphatic hydroxyl groups excluding tert-OH is 6. The highest BCUT2D eigenvalue weighted by Crippen LogP contribution is 2.39. The van der Waals surface area contributed by atoms with E-state index in [2.05, 4.69) is 10.6 Å². The minimum absolute atomic E-state index is 0.349. The summed E-state index contributed by atoms with van der Waals surface area (Å²) in [7, 11) is 2.55. The molecule has 0 aromatic rings. The van der Waals surface area contributed by atoms with Gasteiger partial charge < -0.3 is 98.5 Å². The Morgan fingerprint density at radius 3 is 1.96 bits per heavy atom. The van der Waals surface area contributed by atoms with Gasteiger partial charge in [0.1, 0.15) is 85.3 Å². The molecule has 57 heavy (non-hydrogen) atoms. The number of carbonyl (C=O) groups excluding carboxylic acids is 2. The maximum Gasteiger partial charge on any atom is 0.364 e. The van der Waals surface area contributed by atoms with Crippen molar-refractivity contribution in [3.63, 3.8) is 0 Å². The molecule has 24 nitrogen and oxygen atoms in total. The van der Waals surface area contributed by atoms with E-state index < -0.39 is 159 Å². The predicted molar refractivity (Wildman–Crippen MR) is 180 cm³/mol. The van der Waals surface area contributed by atoms with E-state index >= 15 is 0 Å². The van der Waals surface area contributed by atoms with E-state index in [9.17, 15) is 50.1 Å². The molecule has 5 aliphatic rings. The molecule has 5 heterocycles. The smallest absolute Gasteiger partial charge is 0.364 e. The molecular formula is C33H54N3O21. The Bertz CT molecular complexity index is 1390. The van der Waals surface area contributed by atoms with Gasteiger partial charge in [0, 0.05) is 35.0 Å². The number of aliphatic hydroxyl groups is 6. The SMILES string of the molecule is COC1C(NC(C)=O)[C@@H](O[C@H]2C(CO)O[C@H](OC3C(O)[C@H](OC)O[C@H]4COC(C)(C(=O)O)O[C@H]34)C(NC(C)=O)[C@H]2OC2OC([C@H](O)CO)[C@H](O)[C@@H]2O)O[C@@H](C)[C@@H]1[NH]. The topological polar surface area (TPSA) is 342 Å². The van der Waals surface area contributed by atoms with Gasteiger partial charge in [-0.3, -0.25) is 9.59 Å². The van der Waals surface area contributed by atoms with Gasteiger partial charge in [0.25, 0.3) is 5.79 Å². The minimum atomic E-state index is -2.22. The number of hydrogen-bond acceptors (Lipinski definition) is 20. The van der Waals surface area contributed by atoms with Crippen LogP contribution in [0.25, 0.3) is 0 Å². The maximum absolute atomic E-state index is 12.9. The lowest BCUT2D eigenvalue weighted by Crippen LogP contribution is -2.72. The average molecular weight is 829 g/mol. The van der Waals surface area contributed by atoms with E-state index in [1.165, 1.54) is 21.1 Å². The van der Waals surface area contributed by atoms with E-state index in [0.29, 0.717) is 0 Å². The summed E-state index contributed by atoms with van der Waals surface area (Å²) >= 11 is 0. The first-order valence-corrected chi connectivity index (χ1v) is 18.3. The summed E-state index contributed by atoms with van der Waals surface area (Å²) < 4.78 is 64.7. The number of nitrogens with one attached hydrogen (secondary N) is 3. The molecule has 0 aromatic carbocycles. The lowest BCUT2D eigenvalue weighted by Gasteiger charge is -2.52. The first kappa shape index (κ1) is 45.8. The Hall–Kier alpha value is -2.31. The molecule has 5 aliphatic heterocycles. The van der Waals surface area contributed by atoms with Crippen molar-refractivity contribution in [3.05, 3.63) is 0 Å². The number of carboxylic acid groups (broad SMARTS) is 1. The largest absolute Gasteiger partial charge is 0.477 e. The zero-order valence-corrected chi connectivity index (χ0v) is 32.0. The van der Waals surface area contributed by atoms with Crippen LogP contribution in [0, 0.1) is 0 Å². The number of methoxy groups -OCH3 is 2. The highest BCUT2D eigenvalue weighted by atomic mass is 16.8. The van der Waals surface area contributed by atoms with E-state index in [1.54, 1.807) is 6.92 Å². The summed E-state index contributed by atoms with van der Waals surface area (Å²) in [5.74, 6) is -4.99. The molecular weight excluding hydrogens is 774 g/mol. The Morgan fingerprint density at radius 2 is 1.40 bits per heavy atom. The predicted octanol–water partition coefficient (Wildman–Crippen LogP) is -5.97. The van der Waals surface area contributed by atoms with Crippen LogP contribution in [0.3, 0.4) is 0 Å². The fraction of sp³-hybridized carbons (Fsp3) is 0.909. The van der Waals surface area contributed by atoms with E-state index in [1.807, 2.05) is 0 Å². The molecule has 0 bridgehead atoms. The molecule has 10 N–H and O–H groups in total. The second-order valence-electron chi connectivity index (χ2n) is 14.5. The van der Waals surface area contributed by atoms with Crippen molar-refractivity contribution in [2.75, 3.05) is 34.0 Å². The highest BCUT2D eigenvalue weighted by Gasteiger charge is 2.60. The summed E-state index contributed by atoms with van der Waals surface area (Å²) in [6, 6.07) is -3.72. The Balaban J connectivity index is 1.56. The van der Waals surface area contributed by atoms with Crippen molar-refractivity contribution < 1.29 is 102 Å². The van der Waals surface area contributed by atoms with Crippen molar-refractivity contribution in [2.24, 2.45) is 0 Å². The van der Waals surface area contributed by atoms with Gasteiger partial charge in [-0.25, -0.2) is 10.5 Å². The third-order valence-electron chi connectivity index (χ3n) is 10.5. The molecule has 5 fully saturated rings. The molecule has 2 amide bonds. The number of rotatable bonds is 14. The number of aliphatic carboxylic acids is 1. The molecule has 0 spiro atoms. The van der Waals surface area contributed by atoms with Gasteiger partial charge in [-0.05, 0) is 6.92 Å². The third kappa shape index (κ3) is 9.53. The number of carboxylic acids is 1. The van der Waals surface area contributed by atoms with Crippen molar-refractivity contribution in [2.45, 2.75) is 156 Å². The second kappa shape index (κ2) is 18.9. The minimum Gasteiger partial charge on any atom is -0.477 e. The standard InChI is InChI=1S/C33H54N3O21/c1-10-16(34)25(47-5)17(35-11(2)39)28(50-10)54-23-14(8-38)51-29(18(36-12(3)40)26(23)55-31-20(43)19(42)22(53-31)13(41)7-37)56-27-21(44)30(48-6)52-15-9-49-33(4,32(45)46)57-24(15)27/h10,13-31,34,37-38,41-44H,7-9H2,1-6H3,(H,35,39)(H,36,40)(H,45,46)/t10-,13+,14?,15-,16-,17?,18?,19+,20-,21?,22?,23-,24-,25?,26+,27?,28+,29+,30+,31?,33?/m0/s1. The van der Waals surface area contributed by atoms with Crippen LogP contribution >= 0.6 is 0 Å². The second-order valence-corrected chi connectivity index (χ2v) is 14.5. The summed E-state index contributed by atoms with van der Waals surface area (Å²) in [5, 5.41) is 79.0. The molecule has 0 aliphatic carbocycles. The number of hydrogen-bond donors (Lipinski definition) is 9. The van der Waals surface area contributed by atoms with Crippen molar-refractivity contribution in [1.29, 1.82) is 0 Å². The number of carbonyl (C=O) groups is 3. The number of amides is 2. The van der Waals surface area contributed by atoms with Crippen molar-refractivity contribution >= 4 is 17.8 Å². The maximum atomic E-state index is 12.9. The van der Waals surface area contributed by atoms with Crippen LogP contribution in [0.15, 0.2) is 0 Å². The van der Waals surface area contributed by atoms with Gasteiger partial charge >= 0.3 is 5.97 Å². The van der Waals surface area contributed by atoms with Gasteiger partial charge in [0.15, 0.2) is 25.2 Å². The van der Waals surface area contributed by atoms with Gasteiger partial charge in [0.2, 0.25) is 11.8 Å². The van der Waals surface area contributed by atoms with Crippen molar-refractivity contribution in [3.8, 4) is 0 Å². The average Bonchev–Trinajstić information content (AvgIpc) is 3.44. The van der Waals surface area contributed by atoms with Gasteiger partial charge in [-0.15, -0.1) is 0 Å². The molecule has 327 valence electrons. The first-order chi connectivity index (χ1) is 26.9. The van der Waals surface area contributed by atoms with Gasteiger partial charge in [0.05, 0.1) is 32.0 Å². The van der Waals surface area contributed by atoms with E-state index in [0.717, 1.165) is 13.8 Å². The summed E-state index contributed by atoms with van der Waals surface area (Å²) in [5.41, 5.74) is 8.60. The van der Waals surface area contributed by atoms with E-state index in [4.69, 9.17) is 57.8 Å². The van der Waals surface area contributed by atoms with Crippen LogP contribution in [0.5, 0.6) is 0 Å². The number of ether oxygens (including phenoxy) is 11. The zero-order valence-electron chi connectivity index (χ0n) is 32.0. The molecule has 1 radical (unpaired) electrons. The Labute approximate surface area is 326 Å². The fourth-order valence-electron chi connectivity index (χ4n) is 7.54. The number of fused-ring (bicyclic) bond motifs is 1. The third-order valence-corrected chi connectivity index (χ3v) is 10.5. The van der Waals surface area contributed by atoms with Crippen LogP contribution in [-0.4, -0.2) is 216 Å². The summed E-state index contributed by atoms with van der Waals surface area (Å²) in [6.45, 7) is 2.94. The van der Waals surface area contributed by atoms with Crippen LogP contribution in [0.2, 0.25) is 0 Å². The van der Waals surface area contributed by atoms with Gasteiger partial charge in [-0.2, -0.15) is 0 Å². The Morgan fingerprint density at radius 1 is 0.807 bits per heavy atom. The van der Waals surface area contributed by atoms with Crippen LogP contribution in [0.4, 0.5) is 0 Å². The molecule has 9 unspecified atom stereocenters. The molecule has 5 rings (SSSR count). The molecule has 24 heteroatoms. The lowest BCUT2D eigenvalue weighted by atomic mass is 9.93. The molecule has 0 aromatic heterocycles. The summed E-state index contributed by atoms with van der Waals surface area (Å²) in [6.07, 6.45) is -25.6. The van der Waals surface area contributed by atoms with E-state index in [-0.39, 0.29) is 6.61 Å². The normalized spacial score (nSPS) is 46.8. The zero-order chi connectivity index (χ0) is 42.1. The molecule has 5 saturated heterocycles. The highest BCUT2D eigenvalue weighted by molar-refractivity contribution is 5.75. The van der Waals surface area contributed by atoms with Crippen molar-refractivity contribution in [1.82, 2.24) is 16.4 Å². The fourth-order valence-corrected chi connectivity index (χ4v) is 7.54. The summed E-state index contributed by atoms with van der Waals surface area (Å²) in [4.78, 5) is 37.4. The first-order valence-electron chi connectivity index (χ1n) is 18.3. The quantitative estimate of drug-likeness (QED) is 0.0787. The van der Waals surface area contributed by atoms with Crippen LogP contribution < -0.4 is 16.4 Å². The monoisotopic (exact) mass is 828 g/mol.